The highest BCUT2D eigenvalue weighted by Gasteiger charge is 2.22. The van der Waals surface area contributed by atoms with Gasteiger partial charge in [0.15, 0.2) is 0 Å². The Labute approximate surface area is 420 Å². The van der Waals surface area contributed by atoms with Gasteiger partial charge in [0.1, 0.15) is 0 Å². The molecule has 4 aromatic carbocycles. The number of benzene rings is 4. The fraction of sp³-hybridized carbons (Fsp3) is 0.133. The Kier molecular flexibility index (Phi) is 16.5. The lowest BCUT2D eigenvalue weighted by molar-refractivity contribution is 0.0961. The molecule has 8 rings (SSSR count). The number of nitrogens with zero attached hydrogens (tertiary/aromatic N) is 4. The van der Waals surface area contributed by atoms with Crippen molar-refractivity contribution >= 4 is 46.4 Å². The second kappa shape index (κ2) is 23.4. The molecule has 0 spiro atoms. The van der Waals surface area contributed by atoms with E-state index in [0.717, 1.165) is 44.5 Å². The number of amides is 4. The van der Waals surface area contributed by atoms with Crippen LogP contribution in [0.4, 0.5) is 0 Å². The van der Waals surface area contributed by atoms with Crippen LogP contribution in [-0.2, 0) is 0 Å². The van der Waals surface area contributed by atoms with Crippen molar-refractivity contribution in [1.82, 2.24) is 41.2 Å². The summed E-state index contributed by atoms with van der Waals surface area (Å²) in [5.41, 5.74) is 14.8. The number of hydrogen-bond donors (Lipinski definition) is 4. The smallest absolute Gasteiger partial charge is 0.255 e. The summed E-state index contributed by atoms with van der Waals surface area (Å²) in [6.45, 7) is 15.6. The second-order valence-corrected chi connectivity index (χ2v) is 17.8. The molecule has 0 saturated carbocycles. The van der Waals surface area contributed by atoms with Gasteiger partial charge in [0.05, 0.1) is 22.8 Å². The van der Waals surface area contributed by atoms with Gasteiger partial charge in [-0.05, 0) is 152 Å². The lowest BCUT2D eigenvalue weighted by Crippen LogP contribution is -2.29. The number of hydrogen-bond acceptors (Lipinski definition) is 8. The molecule has 12 nitrogen and oxygen atoms in total. The molecule has 0 atom stereocenters. The molecule has 4 N–H and O–H groups in total. The van der Waals surface area contributed by atoms with E-state index in [1.54, 1.807) is 98.1 Å². The molecule has 360 valence electrons. The number of carbonyl (C=O) groups excluding carboxylic acids is 4. The van der Waals surface area contributed by atoms with Gasteiger partial charge in [-0.2, -0.15) is 0 Å². The molecule has 8 aromatic rings. The van der Waals surface area contributed by atoms with E-state index < -0.39 is 0 Å². The topological polar surface area (TPSA) is 168 Å². The summed E-state index contributed by atoms with van der Waals surface area (Å²) >= 11 is 0. The Bertz CT molecular complexity index is 2810. The minimum atomic E-state index is -0.277. The average molecular weight is 953 g/mol. The summed E-state index contributed by atoms with van der Waals surface area (Å²) in [5.74, 6) is -1.11. The lowest BCUT2D eigenvalue weighted by atomic mass is 10.0. The quantitative estimate of drug-likeness (QED) is 0.0938. The van der Waals surface area contributed by atoms with E-state index in [0.29, 0.717) is 67.3 Å². The molecule has 72 heavy (non-hydrogen) atoms. The largest absolute Gasteiger partial charge is 0.320 e. The minimum Gasteiger partial charge on any atom is -0.320 e. The summed E-state index contributed by atoms with van der Waals surface area (Å²) in [7, 11) is 0. The van der Waals surface area contributed by atoms with Crippen molar-refractivity contribution in [2.24, 2.45) is 0 Å². The van der Waals surface area contributed by atoms with Crippen molar-refractivity contribution in [3.8, 4) is 0 Å². The van der Waals surface area contributed by atoms with Crippen molar-refractivity contribution in [3.63, 3.8) is 0 Å². The predicted molar refractivity (Wildman–Crippen MR) is 284 cm³/mol. The molecular formula is C60H56N8O4. The van der Waals surface area contributed by atoms with Crippen LogP contribution in [0.2, 0.25) is 0 Å². The molecule has 0 radical (unpaired) electrons. The molecule has 0 unspecified atom stereocenters. The van der Waals surface area contributed by atoms with Crippen LogP contribution in [-0.4, -0.2) is 43.6 Å². The Morgan fingerprint density at radius 1 is 0.250 bits per heavy atom. The van der Waals surface area contributed by atoms with Gasteiger partial charge < -0.3 is 21.3 Å². The zero-order valence-electron chi connectivity index (χ0n) is 41.6. The van der Waals surface area contributed by atoms with Crippen LogP contribution in [0, 0.1) is 55.4 Å². The standard InChI is InChI=1S/2C30H28N4O2/c2*1-19-13-20(2)16-25(15-19)29(35)33-27(23-5-9-31-10-6-23)28(24-7-11-32-12-8-24)34-30(36)26-17-21(3)14-22(4)18-26/h2*5-18H,1-4H3,(H,33,35)(H,34,36). The van der Waals surface area contributed by atoms with Gasteiger partial charge in [0.2, 0.25) is 0 Å². The van der Waals surface area contributed by atoms with Crippen molar-refractivity contribution in [2.75, 3.05) is 0 Å². The third-order valence-corrected chi connectivity index (χ3v) is 11.3. The highest BCUT2D eigenvalue weighted by molar-refractivity contribution is 6.10. The van der Waals surface area contributed by atoms with E-state index in [-0.39, 0.29) is 23.6 Å². The van der Waals surface area contributed by atoms with Crippen molar-refractivity contribution < 1.29 is 19.2 Å². The molecule has 4 aromatic heterocycles. The van der Waals surface area contributed by atoms with Crippen LogP contribution < -0.4 is 21.3 Å². The van der Waals surface area contributed by atoms with Gasteiger partial charge in [-0.3, -0.25) is 39.1 Å². The summed E-state index contributed by atoms with van der Waals surface area (Å²) in [4.78, 5) is 70.2. The van der Waals surface area contributed by atoms with E-state index in [9.17, 15) is 19.2 Å². The number of rotatable bonds is 12. The van der Waals surface area contributed by atoms with Crippen molar-refractivity contribution in [1.29, 1.82) is 0 Å². The maximum Gasteiger partial charge on any atom is 0.255 e. The van der Waals surface area contributed by atoms with E-state index in [2.05, 4.69) is 41.2 Å². The molecule has 0 aliphatic rings. The summed E-state index contributed by atoms with van der Waals surface area (Å²) in [6, 6.07) is 37.1. The van der Waals surface area contributed by atoms with Crippen LogP contribution >= 0.6 is 0 Å². The van der Waals surface area contributed by atoms with Crippen LogP contribution in [0.3, 0.4) is 0 Å². The SMILES string of the molecule is Cc1cc(C)cc(C(=O)NC(=C(NC(=O)c2cc(C)cc(C)c2)c2ccncc2)c2ccncc2)c1.Cc1cc(C)cc(C(=O)NC(=C(NC(=O)c2cc(C)cc(C)c2)c2ccncc2)c2ccncc2)c1. The zero-order valence-corrected chi connectivity index (χ0v) is 41.6. The van der Waals surface area contributed by atoms with Crippen LogP contribution in [0.15, 0.2) is 171 Å². The van der Waals surface area contributed by atoms with E-state index >= 15 is 0 Å². The predicted octanol–water partition coefficient (Wildman–Crippen LogP) is 10.8. The fourth-order valence-electron chi connectivity index (χ4n) is 8.36. The first-order chi connectivity index (χ1) is 34.6. The first-order valence-electron chi connectivity index (χ1n) is 23.3. The van der Waals surface area contributed by atoms with Crippen molar-refractivity contribution in [2.45, 2.75) is 55.4 Å². The Hall–Kier alpha value is -9.16. The zero-order chi connectivity index (χ0) is 51.3. The fourth-order valence-corrected chi connectivity index (χ4v) is 8.36. The molecule has 0 aliphatic carbocycles. The Morgan fingerprint density at radius 3 is 0.556 bits per heavy atom. The summed E-state index contributed by atoms with van der Waals surface area (Å²) in [6.07, 6.45) is 13.2. The third-order valence-electron chi connectivity index (χ3n) is 11.3. The Morgan fingerprint density at radius 2 is 0.403 bits per heavy atom. The number of aryl methyl sites for hydroxylation is 8. The molecular weight excluding hydrogens is 897 g/mol. The first kappa shape index (κ1) is 50.7. The average Bonchev–Trinajstić information content (AvgIpc) is 3.36. The van der Waals surface area contributed by atoms with E-state index in [1.807, 2.05) is 128 Å². The number of aromatic nitrogens is 4. The number of pyridine rings is 4. The van der Waals surface area contributed by atoms with Crippen LogP contribution in [0.25, 0.3) is 22.8 Å². The van der Waals surface area contributed by atoms with Gasteiger partial charge in [-0.1, -0.05) is 68.8 Å². The summed E-state index contributed by atoms with van der Waals surface area (Å²) < 4.78 is 0. The monoisotopic (exact) mass is 952 g/mol. The van der Waals surface area contributed by atoms with Crippen LogP contribution in [0.1, 0.15) is 108 Å². The maximum absolute atomic E-state index is 13.4. The van der Waals surface area contributed by atoms with Gasteiger partial charge in [0.25, 0.3) is 23.6 Å². The highest BCUT2D eigenvalue weighted by Crippen LogP contribution is 2.26. The molecule has 4 heterocycles. The number of carbonyl (C=O) groups is 4. The molecule has 12 heteroatoms. The molecule has 0 saturated heterocycles. The Balaban J connectivity index is 0.000000211. The van der Waals surface area contributed by atoms with E-state index in [4.69, 9.17) is 0 Å². The van der Waals surface area contributed by atoms with Gasteiger partial charge in [-0.15, -0.1) is 0 Å². The second-order valence-electron chi connectivity index (χ2n) is 17.8. The normalized spacial score (nSPS) is 11.4. The van der Waals surface area contributed by atoms with Gasteiger partial charge in [-0.25, -0.2) is 0 Å². The minimum absolute atomic E-state index is 0.277. The molecule has 0 fully saturated rings. The molecule has 4 amide bonds. The maximum atomic E-state index is 13.4. The third kappa shape index (κ3) is 13.5. The highest BCUT2D eigenvalue weighted by atomic mass is 16.2. The van der Waals surface area contributed by atoms with E-state index in [1.165, 1.54) is 0 Å². The van der Waals surface area contributed by atoms with Crippen molar-refractivity contribution in [3.05, 3.63) is 260 Å². The van der Waals surface area contributed by atoms with Gasteiger partial charge >= 0.3 is 0 Å². The lowest BCUT2D eigenvalue weighted by Gasteiger charge is -2.19. The first-order valence-corrected chi connectivity index (χ1v) is 23.3. The van der Waals surface area contributed by atoms with Gasteiger partial charge in [0, 0.05) is 94.1 Å². The molecule has 0 bridgehead atoms. The summed E-state index contributed by atoms with van der Waals surface area (Å²) in [5, 5.41) is 12.2. The van der Waals surface area contributed by atoms with Crippen LogP contribution in [0.5, 0.6) is 0 Å². The molecule has 0 aliphatic heterocycles. The number of nitrogens with one attached hydrogen (secondary N) is 4.